The van der Waals surface area contributed by atoms with Gasteiger partial charge in [-0.3, -0.25) is 4.98 Å². The minimum Gasteiger partial charge on any atom is -0.395 e. The van der Waals surface area contributed by atoms with Gasteiger partial charge in [-0.15, -0.1) is 0 Å². The Morgan fingerprint density at radius 1 is 1.31 bits per heavy atom. The lowest BCUT2D eigenvalue weighted by molar-refractivity contribution is 0.302. The molecule has 1 aromatic heterocycles. The molecular weight excluding hydrogens is 202 g/mol. The summed E-state index contributed by atoms with van der Waals surface area (Å²) in [5.41, 5.74) is 2.09. The Balaban J connectivity index is 2.77. The summed E-state index contributed by atoms with van der Waals surface area (Å²) in [7, 11) is 0. The fraction of sp³-hybridized carbons (Fsp3) is 0.583. The SMILES string of the molecule is CCCN(CCO)c1cncc(NCC)c1. The molecule has 0 amide bonds. The Labute approximate surface area is 97.3 Å². The Hall–Kier alpha value is -1.29. The van der Waals surface area contributed by atoms with Gasteiger partial charge in [0.25, 0.3) is 0 Å². The standard InChI is InChI=1S/C12H21N3O/c1-3-5-15(6-7-16)12-8-11(14-4-2)9-13-10-12/h8-10,14,16H,3-7H2,1-2H3. The van der Waals surface area contributed by atoms with Gasteiger partial charge in [-0.2, -0.15) is 0 Å². The van der Waals surface area contributed by atoms with Crippen LogP contribution in [0.25, 0.3) is 0 Å². The molecule has 0 fully saturated rings. The zero-order valence-electron chi connectivity index (χ0n) is 10.1. The summed E-state index contributed by atoms with van der Waals surface area (Å²) in [6, 6.07) is 2.07. The highest BCUT2D eigenvalue weighted by atomic mass is 16.3. The number of aromatic nitrogens is 1. The molecule has 0 bridgehead atoms. The predicted octanol–water partition coefficient (Wildman–Crippen LogP) is 1.72. The normalized spacial score (nSPS) is 10.2. The highest BCUT2D eigenvalue weighted by Gasteiger charge is 2.05. The number of aliphatic hydroxyl groups is 1. The van der Waals surface area contributed by atoms with Crippen molar-refractivity contribution in [2.75, 3.05) is 36.5 Å². The van der Waals surface area contributed by atoms with E-state index in [1.165, 1.54) is 0 Å². The fourth-order valence-corrected chi connectivity index (χ4v) is 1.66. The van der Waals surface area contributed by atoms with Crippen LogP contribution in [0.2, 0.25) is 0 Å². The van der Waals surface area contributed by atoms with Crippen molar-refractivity contribution in [3.63, 3.8) is 0 Å². The van der Waals surface area contributed by atoms with Gasteiger partial charge in [0.1, 0.15) is 0 Å². The quantitative estimate of drug-likeness (QED) is 0.739. The van der Waals surface area contributed by atoms with E-state index in [1.807, 2.05) is 12.4 Å². The largest absolute Gasteiger partial charge is 0.395 e. The first-order valence-electron chi connectivity index (χ1n) is 5.86. The van der Waals surface area contributed by atoms with Crippen molar-refractivity contribution in [2.45, 2.75) is 20.3 Å². The van der Waals surface area contributed by atoms with Gasteiger partial charge in [0.2, 0.25) is 0 Å². The van der Waals surface area contributed by atoms with Crippen LogP contribution in [0.15, 0.2) is 18.5 Å². The first-order chi connectivity index (χ1) is 7.81. The van der Waals surface area contributed by atoms with Crippen LogP contribution >= 0.6 is 0 Å². The Morgan fingerprint density at radius 2 is 2.12 bits per heavy atom. The van der Waals surface area contributed by atoms with Crippen LogP contribution < -0.4 is 10.2 Å². The van der Waals surface area contributed by atoms with Crippen molar-refractivity contribution < 1.29 is 5.11 Å². The summed E-state index contributed by atoms with van der Waals surface area (Å²) in [4.78, 5) is 6.35. The molecule has 1 heterocycles. The number of aliphatic hydroxyl groups excluding tert-OH is 1. The van der Waals surface area contributed by atoms with Crippen molar-refractivity contribution in [1.82, 2.24) is 4.98 Å². The summed E-state index contributed by atoms with van der Waals surface area (Å²) >= 11 is 0. The number of hydrogen-bond acceptors (Lipinski definition) is 4. The van der Waals surface area contributed by atoms with Gasteiger partial charge >= 0.3 is 0 Å². The summed E-state index contributed by atoms with van der Waals surface area (Å²) in [5, 5.41) is 12.3. The molecule has 0 unspecified atom stereocenters. The summed E-state index contributed by atoms with van der Waals surface area (Å²) in [5.74, 6) is 0. The number of hydrogen-bond donors (Lipinski definition) is 2. The molecule has 0 spiro atoms. The average Bonchev–Trinajstić information content (AvgIpc) is 2.30. The second kappa shape index (κ2) is 7.06. The van der Waals surface area contributed by atoms with Gasteiger partial charge in [0, 0.05) is 19.6 Å². The molecule has 4 nitrogen and oxygen atoms in total. The maximum Gasteiger partial charge on any atom is 0.0606 e. The number of nitrogens with one attached hydrogen (secondary N) is 1. The van der Waals surface area contributed by atoms with E-state index < -0.39 is 0 Å². The van der Waals surface area contributed by atoms with E-state index in [-0.39, 0.29) is 6.61 Å². The third kappa shape index (κ3) is 3.70. The van der Waals surface area contributed by atoms with Crippen LogP contribution in [0.3, 0.4) is 0 Å². The van der Waals surface area contributed by atoms with E-state index in [4.69, 9.17) is 5.11 Å². The minimum atomic E-state index is 0.172. The molecule has 0 aromatic carbocycles. The molecule has 0 saturated heterocycles. The van der Waals surface area contributed by atoms with Crippen LogP contribution in [0.1, 0.15) is 20.3 Å². The number of pyridine rings is 1. The van der Waals surface area contributed by atoms with E-state index in [2.05, 4.69) is 35.1 Å². The smallest absolute Gasteiger partial charge is 0.0606 e. The van der Waals surface area contributed by atoms with Crippen LogP contribution in [0.4, 0.5) is 11.4 Å². The van der Waals surface area contributed by atoms with Gasteiger partial charge in [0.05, 0.1) is 30.4 Å². The van der Waals surface area contributed by atoms with Gasteiger partial charge in [-0.25, -0.2) is 0 Å². The topological polar surface area (TPSA) is 48.4 Å². The molecule has 0 atom stereocenters. The lowest BCUT2D eigenvalue weighted by Gasteiger charge is -2.23. The Kier molecular flexibility index (Phi) is 5.64. The molecule has 16 heavy (non-hydrogen) atoms. The molecule has 1 rings (SSSR count). The number of anilines is 2. The molecular formula is C12H21N3O. The maximum atomic E-state index is 9.02. The van der Waals surface area contributed by atoms with Crippen molar-refractivity contribution >= 4 is 11.4 Å². The van der Waals surface area contributed by atoms with E-state index in [1.54, 1.807) is 0 Å². The van der Waals surface area contributed by atoms with E-state index >= 15 is 0 Å². The highest BCUT2D eigenvalue weighted by Crippen LogP contribution is 2.17. The van der Waals surface area contributed by atoms with Gasteiger partial charge in [0.15, 0.2) is 0 Å². The lowest BCUT2D eigenvalue weighted by Crippen LogP contribution is -2.27. The lowest BCUT2D eigenvalue weighted by atomic mass is 10.3. The first-order valence-corrected chi connectivity index (χ1v) is 5.86. The molecule has 2 N–H and O–H groups in total. The summed E-state index contributed by atoms with van der Waals surface area (Å²) < 4.78 is 0. The van der Waals surface area contributed by atoms with Gasteiger partial charge in [-0.05, 0) is 19.4 Å². The first kappa shape index (κ1) is 12.8. The van der Waals surface area contributed by atoms with E-state index in [0.717, 1.165) is 30.9 Å². The molecule has 0 radical (unpaired) electrons. The van der Waals surface area contributed by atoms with Crippen LogP contribution in [-0.4, -0.2) is 36.3 Å². The average molecular weight is 223 g/mol. The molecule has 90 valence electrons. The summed E-state index contributed by atoms with van der Waals surface area (Å²) in [6.07, 6.45) is 4.72. The van der Waals surface area contributed by atoms with Crippen LogP contribution in [-0.2, 0) is 0 Å². The minimum absolute atomic E-state index is 0.172. The third-order valence-corrected chi connectivity index (χ3v) is 2.33. The summed E-state index contributed by atoms with van der Waals surface area (Å²) in [6.45, 7) is 6.85. The van der Waals surface area contributed by atoms with Crippen molar-refractivity contribution in [2.24, 2.45) is 0 Å². The predicted molar refractivity (Wildman–Crippen MR) is 68.0 cm³/mol. The maximum absolute atomic E-state index is 9.02. The molecule has 0 saturated carbocycles. The van der Waals surface area contributed by atoms with Crippen LogP contribution in [0.5, 0.6) is 0 Å². The van der Waals surface area contributed by atoms with Gasteiger partial charge in [-0.1, -0.05) is 6.92 Å². The second-order valence-corrected chi connectivity index (χ2v) is 3.67. The monoisotopic (exact) mass is 223 g/mol. The molecule has 1 aromatic rings. The Bertz CT molecular complexity index is 298. The van der Waals surface area contributed by atoms with Crippen molar-refractivity contribution in [1.29, 1.82) is 0 Å². The van der Waals surface area contributed by atoms with Crippen molar-refractivity contribution in [3.8, 4) is 0 Å². The second-order valence-electron chi connectivity index (χ2n) is 3.67. The zero-order chi connectivity index (χ0) is 11.8. The molecule has 0 aliphatic carbocycles. The third-order valence-electron chi connectivity index (χ3n) is 2.33. The Morgan fingerprint density at radius 3 is 2.75 bits per heavy atom. The number of nitrogens with zero attached hydrogens (tertiary/aromatic N) is 2. The van der Waals surface area contributed by atoms with Crippen LogP contribution in [0, 0.1) is 0 Å². The number of rotatable bonds is 7. The molecule has 4 heteroatoms. The van der Waals surface area contributed by atoms with E-state index in [0.29, 0.717) is 6.54 Å². The van der Waals surface area contributed by atoms with E-state index in [9.17, 15) is 0 Å². The fourth-order valence-electron chi connectivity index (χ4n) is 1.66. The molecule has 0 aliphatic rings. The zero-order valence-corrected chi connectivity index (χ0v) is 10.1. The highest BCUT2D eigenvalue weighted by molar-refractivity contribution is 5.55. The van der Waals surface area contributed by atoms with Gasteiger partial charge < -0.3 is 15.3 Å². The molecule has 0 aliphatic heterocycles. The van der Waals surface area contributed by atoms with Crippen molar-refractivity contribution in [3.05, 3.63) is 18.5 Å².